The monoisotopic (exact) mass is 394 g/mol. The largest absolute Gasteiger partial charge is 0.449 e. The van der Waals surface area contributed by atoms with Gasteiger partial charge in [-0.25, -0.2) is 0 Å². The summed E-state index contributed by atoms with van der Waals surface area (Å²) in [6, 6.07) is 15.7. The lowest BCUT2D eigenvalue weighted by Gasteiger charge is -2.23. The Morgan fingerprint density at radius 3 is 2.67 bits per heavy atom. The van der Waals surface area contributed by atoms with Gasteiger partial charge in [0.05, 0.1) is 5.56 Å². The second kappa shape index (κ2) is 6.57. The molecule has 1 aliphatic heterocycles. The zero-order valence-electron chi connectivity index (χ0n) is 18.1. The number of pyridine rings is 1. The molecule has 0 saturated heterocycles. The lowest BCUT2D eigenvalue weighted by atomic mass is 9.89. The molecule has 6 rings (SSSR count). The molecule has 1 saturated carbocycles. The number of hydrogen-bond donors (Lipinski definition) is 0. The lowest BCUT2D eigenvalue weighted by Crippen LogP contribution is -2.32. The lowest BCUT2D eigenvalue weighted by molar-refractivity contribution is -0.659. The molecule has 0 radical (unpaired) electrons. The Balaban J connectivity index is 1.63. The summed E-state index contributed by atoms with van der Waals surface area (Å²) < 4.78 is 8.90. The van der Waals surface area contributed by atoms with Crippen molar-refractivity contribution < 1.29 is 9.30 Å². The van der Waals surface area contributed by atoms with E-state index in [-0.39, 0.29) is 0 Å². The zero-order chi connectivity index (χ0) is 20.4. The van der Waals surface area contributed by atoms with Crippen LogP contribution in [0.4, 0.5) is 0 Å². The minimum atomic E-state index is 0.846. The molecule has 2 nitrogen and oxygen atoms in total. The van der Waals surface area contributed by atoms with Crippen molar-refractivity contribution in [3.05, 3.63) is 65.4 Å². The van der Waals surface area contributed by atoms with Gasteiger partial charge in [-0.3, -0.25) is 0 Å². The normalized spacial score (nSPS) is 15.6. The van der Waals surface area contributed by atoms with Crippen LogP contribution in [0.1, 0.15) is 42.4 Å². The highest BCUT2D eigenvalue weighted by molar-refractivity contribution is 6.07. The van der Waals surface area contributed by atoms with E-state index in [1.54, 1.807) is 0 Å². The van der Waals surface area contributed by atoms with Gasteiger partial charge in [-0.2, -0.15) is 4.57 Å². The third kappa shape index (κ3) is 2.59. The van der Waals surface area contributed by atoms with Crippen molar-refractivity contribution in [3.63, 3.8) is 0 Å². The van der Waals surface area contributed by atoms with Crippen molar-refractivity contribution >= 4 is 21.5 Å². The third-order valence-corrected chi connectivity index (χ3v) is 7.36. The number of ether oxygens (including phenoxy) is 1. The predicted molar refractivity (Wildman–Crippen MR) is 123 cm³/mol. The summed E-state index contributed by atoms with van der Waals surface area (Å²) in [6.45, 7) is 4.46. The van der Waals surface area contributed by atoms with Gasteiger partial charge in [-0.05, 0) is 66.5 Å². The molecule has 0 atom stereocenters. The van der Waals surface area contributed by atoms with Crippen LogP contribution in [0.15, 0.2) is 48.7 Å². The summed E-state index contributed by atoms with van der Waals surface area (Å²) in [7, 11) is 2.15. The van der Waals surface area contributed by atoms with E-state index in [0.29, 0.717) is 0 Å². The van der Waals surface area contributed by atoms with Crippen molar-refractivity contribution in [2.75, 3.05) is 0 Å². The average molecular weight is 395 g/mol. The molecule has 4 aromatic rings. The van der Waals surface area contributed by atoms with E-state index < -0.39 is 0 Å². The molecule has 150 valence electrons. The molecule has 1 aromatic heterocycles. The molecule has 2 aliphatic rings. The third-order valence-electron chi connectivity index (χ3n) is 7.36. The van der Waals surface area contributed by atoms with Crippen molar-refractivity contribution in [1.82, 2.24) is 0 Å². The number of benzene rings is 3. The molecule has 3 aromatic carbocycles. The van der Waals surface area contributed by atoms with Crippen LogP contribution in [0, 0.1) is 19.8 Å². The van der Waals surface area contributed by atoms with Gasteiger partial charge in [0.1, 0.15) is 12.8 Å². The Morgan fingerprint density at radius 2 is 1.83 bits per heavy atom. The Kier molecular flexibility index (Phi) is 3.93. The highest BCUT2D eigenvalue weighted by Crippen LogP contribution is 2.49. The molecule has 30 heavy (non-hydrogen) atoms. The maximum absolute atomic E-state index is 6.64. The number of nitrogens with zero attached hydrogens (tertiary/aromatic N) is 1. The summed E-state index contributed by atoms with van der Waals surface area (Å²) in [5.41, 5.74) is 6.64. The highest BCUT2D eigenvalue weighted by atomic mass is 16.5. The van der Waals surface area contributed by atoms with Gasteiger partial charge in [0.2, 0.25) is 5.75 Å². The summed E-state index contributed by atoms with van der Waals surface area (Å²) >= 11 is 0. The number of rotatable bonds is 2. The van der Waals surface area contributed by atoms with Crippen LogP contribution in [0.25, 0.3) is 32.8 Å². The predicted octanol–water partition coefficient (Wildman–Crippen LogP) is 6.94. The maximum atomic E-state index is 6.64. The van der Waals surface area contributed by atoms with Gasteiger partial charge in [-0.15, -0.1) is 0 Å². The summed E-state index contributed by atoms with van der Waals surface area (Å²) in [6.07, 6.45) is 9.00. The number of aromatic nitrogens is 1. The molecular weight excluding hydrogens is 366 g/mol. The minimum absolute atomic E-state index is 0.846. The summed E-state index contributed by atoms with van der Waals surface area (Å²) in [5.74, 6) is 2.84. The zero-order valence-corrected chi connectivity index (χ0v) is 18.1. The number of fused-ring (bicyclic) bond motifs is 4. The van der Waals surface area contributed by atoms with Gasteiger partial charge >= 0.3 is 0 Å². The molecule has 2 heteroatoms. The maximum Gasteiger partial charge on any atom is 0.257 e. The molecule has 0 N–H and O–H groups in total. The van der Waals surface area contributed by atoms with Crippen LogP contribution in [0.3, 0.4) is 0 Å². The fraction of sp³-hybridized carbons (Fsp3) is 0.321. The van der Waals surface area contributed by atoms with E-state index in [4.69, 9.17) is 4.74 Å². The molecular formula is C28H28NO+. The Bertz CT molecular complexity index is 1330. The van der Waals surface area contributed by atoms with Crippen molar-refractivity contribution in [2.45, 2.75) is 46.0 Å². The molecule has 0 amide bonds. The Morgan fingerprint density at radius 1 is 1.00 bits per heavy atom. The molecule has 1 fully saturated rings. The Labute approximate surface area is 178 Å². The Hall–Kier alpha value is -2.87. The van der Waals surface area contributed by atoms with Crippen LogP contribution in [-0.2, 0) is 13.5 Å². The van der Waals surface area contributed by atoms with Crippen LogP contribution in [0.2, 0.25) is 0 Å². The fourth-order valence-electron chi connectivity index (χ4n) is 5.69. The first-order chi connectivity index (χ1) is 14.6. The second-order valence-electron chi connectivity index (χ2n) is 9.34. The van der Waals surface area contributed by atoms with Gasteiger partial charge in [0.15, 0.2) is 6.20 Å². The van der Waals surface area contributed by atoms with E-state index in [2.05, 4.69) is 74.1 Å². The van der Waals surface area contributed by atoms with Crippen LogP contribution in [0.5, 0.6) is 11.5 Å². The summed E-state index contributed by atoms with van der Waals surface area (Å²) in [5, 5.41) is 4.98. The average Bonchev–Trinajstić information content (AvgIpc) is 3.25. The first-order valence-electron chi connectivity index (χ1n) is 11.3. The summed E-state index contributed by atoms with van der Waals surface area (Å²) in [4.78, 5) is 0. The SMILES string of the molecule is Cc1cc2cccc3c2c(c1C)-c1c(c2cc(CC4CCCC4)ccc2c[n+]1C)O3. The van der Waals surface area contributed by atoms with Gasteiger partial charge in [0.25, 0.3) is 5.69 Å². The van der Waals surface area contributed by atoms with Crippen molar-refractivity contribution in [1.29, 1.82) is 0 Å². The van der Waals surface area contributed by atoms with E-state index in [0.717, 1.165) is 17.4 Å². The smallest absolute Gasteiger partial charge is 0.257 e. The molecule has 2 heterocycles. The quantitative estimate of drug-likeness (QED) is 0.296. The molecule has 0 unspecified atom stereocenters. The standard InChI is InChI=1S/C28H28NO/c1-17-13-21-9-6-10-24-26(21)25(18(17)2)27-28(30-24)23-15-20(14-19-7-4-5-8-19)11-12-22(23)16-29(27)3/h6,9-13,15-16,19H,4-5,7-8,14H2,1-3H3/q+1. The van der Waals surface area contributed by atoms with Gasteiger partial charge in [-0.1, -0.05) is 49.9 Å². The minimum Gasteiger partial charge on any atom is -0.449 e. The topological polar surface area (TPSA) is 13.1 Å². The van der Waals surface area contributed by atoms with Gasteiger partial charge < -0.3 is 4.74 Å². The number of hydrogen-bond acceptors (Lipinski definition) is 1. The second-order valence-corrected chi connectivity index (χ2v) is 9.34. The highest BCUT2D eigenvalue weighted by Gasteiger charge is 2.31. The van der Waals surface area contributed by atoms with E-state index in [1.807, 2.05) is 0 Å². The van der Waals surface area contributed by atoms with E-state index in [9.17, 15) is 0 Å². The number of aryl methyl sites for hydroxylation is 2. The molecule has 0 bridgehead atoms. The first-order valence-corrected chi connectivity index (χ1v) is 11.3. The van der Waals surface area contributed by atoms with Crippen LogP contribution in [-0.4, -0.2) is 0 Å². The first kappa shape index (κ1) is 17.9. The van der Waals surface area contributed by atoms with Crippen LogP contribution < -0.4 is 9.30 Å². The molecule has 1 aliphatic carbocycles. The van der Waals surface area contributed by atoms with E-state index in [1.165, 1.54) is 81.6 Å². The van der Waals surface area contributed by atoms with Crippen molar-refractivity contribution in [3.8, 4) is 22.8 Å². The van der Waals surface area contributed by atoms with Crippen LogP contribution >= 0.6 is 0 Å². The molecule has 0 spiro atoms. The fourth-order valence-corrected chi connectivity index (χ4v) is 5.69. The van der Waals surface area contributed by atoms with E-state index >= 15 is 0 Å². The van der Waals surface area contributed by atoms with Gasteiger partial charge in [0, 0.05) is 16.2 Å². The van der Waals surface area contributed by atoms with Crippen molar-refractivity contribution in [2.24, 2.45) is 13.0 Å².